The van der Waals surface area contributed by atoms with Crippen molar-refractivity contribution in [2.75, 3.05) is 6.54 Å². The van der Waals surface area contributed by atoms with Gasteiger partial charge in [-0.1, -0.05) is 18.2 Å². The van der Waals surface area contributed by atoms with E-state index in [4.69, 9.17) is 10.2 Å². The quantitative estimate of drug-likeness (QED) is 0.553. The number of nitrogens with one attached hydrogen (secondary N) is 2. The number of aliphatic carboxylic acids is 1. The maximum absolute atomic E-state index is 11.8. The van der Waals surface area contributed by atoms with Gasteiger partial charge in [0, 0.05) is 5.56 Å². The molecule has 0 fully saturated rings. The molecule has 2 amide bonds. The lowest BCUT2D eigenvalue weighted by Crippen LogP contribution is -2.47. The van der Waals surface area contributed by atoms with Crippen LogP contribution in [-0.4, -0.2) is 46.7 Å². The summed E-state index contributed by atoms with van der Waals surface area (Å²) in [5.41, 5.74) is 0.415. The summed E-state index contributed by atoms with van der Waals surface area (Å²) in [5.74, 6) is -2.41. The fraction of sp³-hybridized carbons (Fsp3) is 0.308. The summed E-state index contributed by atoms with van der Waals surface area (Å²) in [6, 6.07) is 7.53. The van der Waals surface area contributed by atoms with Crippen molar-refractivity contribution < 1.29 is 24.6 Å². The van der Waals surface area contributed by atoms with Crippen LogP contribution in [0.1, 0.15) is 17.3 Å². The van der Waals surface area contributed by atoms with Crippen molar-refractivity contribution in [2.24, 2.45) is 0 Å². The van der Waals surface area contributed by atoms with Gasteiger partial charge in [-0.25, -0.2) is 4.79 Å². The van der Waals surface area contributed by atoms with E-state index in [1.54, 1.807) is 30.3 Å². The van der Waals surface area contributed by atoms with E-state index in [9.17, 15) is 14.4 Å². The van der Waals surface area contributed by atoms with Gasteiger partial charge in [-0.15, -0.1) is 0 Å². The Balaban J connectivity index is 2.46. The van der Waals surface area contributed by atoms with Crippen molar-refractivity contribution in [3.63, 3.8) is 0 Å². The summed E-state index contributed by atoms with van der Waals surface area (Å²) < 4.78 is 0. The number of carboxylic acids is 1. The van der Waals surface area contributed by atoms with Crippen molar-refractivity contribution in [2.45, 2.75) is 19.1 Å². The molecule has 2 unspecified atom stereocenters. The number of carbonyl (C=O) groups excluding carboxylic acids is 2. The van der Waals surface area contributed by atoms with Crippen LogP contribution < -0.4 is 10.6 Å². The molecule has 0 heterocycles. The van der Waals surface area contributed by atoms with E-state index in [0.717, 1.165) is 0 Å². The summed E-state index contributed by atoms with van der Waals surface area (Å²) in [4.78, 5) is 33.8. The van der Waals surface area contributed by atoms with E-state index >= 15 is 0 Å². The van der Waals surface area contributed by atoms with Gasteiger partial charge < -0.3 is 20.8 Å². The molecular formula is C13H16N2O5. The highest BCUT2D eigenvalue weighted by atomic mass is 16.4. The molecule has 0 saturated carbocycles. The van der Waals surface area contributed by atoms with Crippen molar-refractivity contribution in [1.82, 2.24) is 10.6 Å². The van der Waals surface area contributed by atoms with Crippen LogP contribution in [0.15, 0.2) is 30.3 Å². The predicted octanol–water partition coefficient (Wildman–Crippen LogP) is -0.633. The molecular weight excluding hydrogens is 264 g/mol. The van der Waals surface area contributed by atoms with Gasteiger partial charge in [0.25, 0.3) is 5.91 Å². The minimum absolute atomic E-state index is 0.410. The molecule has 0 spiro atoms. The Morgan fingerprint density at radius 2 is 1.80 bits per heavy atom. The Labute approximate surface area is 115 Å². The van der Waals surface area contributed by atoms with Gasteiger partial charge in [-0.2, -0.15) is 0 Å². The standard InChI is InChI=1S/C13H16N2O5/c1-8(11(17)14-7-10(16)13(19)20)15-12(18)9-5-3-2-4-6-9/h2-6,8,10,16H,7H2,1H3,(H,14,17)(H,15,18)(H,19,20). The van der Waals surface area contributed by atoms with Crippen LogP contribution >= 0.6 is 0 Å². The molecule has 20 heavy (non-hydrogen) atoms. The highest BCUT2D eigenvalue weighted by Gasteiger charge is 2.19. The third-order valence-corrected chi connectivity index (χ3v) is 2.53. The first-order chi connectivity index (χ1) is 9.41. The molecule has 0 aliphatic heterocycles. The molecule has 0 bridgehead atoms. The summed E-state index contributed by atoms with van der Waals surface area (Å²) in [7, 11) is 0. The number of aliphatic hydroxyl groups is 1. The second-order valence-corrected chi connectivity index (χ2v) is 4.16. The third kappa shape index (κ3) is 4.69. The van der Waals surface area contributed by atoms with Gasteiger partial charge in [0.2, 0.25) is 5.91 Å². The third-order valence-electron chi connectivity index (χ3n) is 2.53. The van der Waals surface area contributed by atoms with Crippen LogP contribution in [-0.2, 0) is 9.59 Å². The van der Waals surface area contributed by atoms with Crippen LogP contribution in [0.4, 0.5) is 0 Å². The predicted molar refractivity (Wildman–Crippen MR) is 70.0 cm³/mol. The zero-order valence-electron chi connectivity index (χ0n) is 10.9. The number of aliphatic hydroxyl groups excluding tert-OH is 1. The fourth-order valence-electron chi connectivity index (χ4n) is 1.37. The van der Waals surface area contributed by atoms with Crippen molar-refractivity contribution in [3.05, 3.63) is 35.9 Å². The molecule has 1 aromatic rings. The lowest BCUT2D eigenvalue weighted by molar-refractivity contribution is -0.146. The maximum Gasteiger partial charge on any atom is 0.334 e. The maximum atomic E-state index is 11.8. The second-order valence-electron chi connectivity index (χ2n) is 4.16. The van der Waals surface area contributed by atoms with Gasteiger partial charge in [0.05, 0.1) is 6.54 Å². The topological polar surface area (TPSA) is 116 Å². The number of benzene rings is 1. The van der Waals surface area contributed by atoms with E-state index in [0.29, 0.717) is 5.56 Å². The van der Waals surface area contributed by atoms with E-state index in [1.807, 2.05) is 0 Å². The molecule has 0 aliphatic carbocycles. The first kappa shape index (κ1) is 15.6. The Morgan fingerprint density at radius 3 is 2.35 bits per heavy atom. The monoisotopic (exact) mass is 280 g/mol. The SMILES string of the molecule is CC(NC(=O)c1ccccc1)C(=O)NCC(O)C(=O)O. The zero-order valence-corrected chi connectivity index (χ0v) is 10.9. The normalized spacial score (nSPS) is 13.1. The van der Waals surface area contributed by atoms with Gasteiger partial charge in [0.1, 0.15) is 6.04 Å². The summed E-state index contributed by atoms with van der Waals surface area (Å²) in [6.45, 7) is 1.04. The molecule has 0 aromatic heterocycles. The average molecular weight is 280 g/mol. The molecule has 7 heteroatoms. The Kier molecular flexibility index (Phi) is 5.67. The van der Waals surface area contributed by atoms with Crippen LogP contribution in [0.5, 0.6) is 0 Å². The fourth-order valence-corrected chi connectivity index (χ4v) is 1.37. The number of carbonyl (C=O) groups is 3. The molecule has 108 valence electrons. The van der Waals surface area contributed by atoms with E-state index in [2.05, 4.69) is 10.6 Å². The molecule has 1 rings (SSSR count). The van der Waals surface area contributed by atoms with E-state index in [-0.39, 0.29) is 0 Å². The second kappa shape index (κ2) is 7.25. The zero-order chi connectivity index (χ0) is 15.1. The highest BCUT2D eigenvalue weighted by molar-refractivity contribution is 5.97. The van der Waals surface area contributed by atoms with Gasteiger partial charge >= 0.3 is 5.97 Å². The van der Waals surface area contributed by atoms with Crippen LogP contribution in [0, 0.1) is 0 Å². The Hall–Kier alpha value is -2.41. The highest BCUT2D eigenvalue weighted by Crippen LogP contribution is 1.98. The first-order valence-electron chi connectivity index (χ1n) is 5.96. The van der Waals surface area contributed by atoms with Crippen LogP contribution in [0.25, 0.3) is 0 Å². The van der Waals surface area contributed by atoms with Gasteiger partial charge in [0.15, 0.2) is 6.10 Å². The molecule has 4 N–H and O–H groups in total. The molecule has 7 nitrogen and oxygen atoms in total. The lowest BCUT2D eigenvalue weighted by atomic mass is 10.2. The molecule has 2 atom stereocenters. The Morgan fingerprint density at radius 1 is 1.20 bits per heavy atom. The van der Waals surface area contributed by atoms with Crippen molar-refractivity contribution in [1.29, 1.82) is 0 Å². The van der Waals surface area contributed by atoms with Crippen LogP contribution in [0.3, 0.4) is 0 Å². The Bertz CT molecular complexity index is 489. The number of carboxylic acid groups (broad SMARTS) is 1. The smallest absolute Gasteiger partial charge is 0.334 e. The van der Waals surface area contributed by atoms with Crippen molar-refractivity contribution in [3.8, 4) is 0 Å². The first-order valence-corrected chi connectivity index (χ1v) is 5.96. The molecule has 0 aliphatic rings. The summed E-state index contributed by atoms with van der Waals surface area (Å²) in [6.07, 6.45) is -1.67. The average Bonchev–Trinajstić information content (AvgIpc) is 2.44. The van der Waals surface area contributed by atoms with Crippen molar-refractivity contribution >= 4 is 17.8 Å². The minimum Gasteiger partial charge on any atom is -0.479 e. The van der Waals surface area contributed by atoms with E-state index < -0.39 is 36.5 Å². The molecule has 1 aromatic carbocycles. The lowest BCUT2D eigenvalue weighted by Gasteiger charge is -2.15. The minimum atomic E-state index is -1.67. The molecule has 0 radical (unpaired) electrons. The van der Waals surface area contributed by atoms with Crippen LogP contribution in [0.2, 0.25) is 0 Å². The largest absolute Gasteiger partial charge is 0.479 e. The number of rotatable bonds is 6. The molecule has 0 saturated heterocycles. The summed E-state index contributed by atoms with van der Waals surface area (Å²) in [5, 5.41) is 22.2. The van der Waals surface area contributed by atoms with E-state index in [1.165, 1.54) is 6.92 Å². The van der Waals surface area contributed by atoms with Gasteiger partial charge in [-0.3, -0.25) is 9.59 Å². The van der Waals surface area contributed by atoms with Gasteiger partial charge in [-0.05, 0) is 19.1 Å². The number of amides is 2. The summed E-state index contributed by atoms with van der Waals surface area (Å²) >= 11 is 0. The number of hydrogen-bond donors (Lipinski definition) is 4. The number of hydrogen-bond acceptors (Lipinski definition) is 4.